The van der Waals surface area contributed by atoms with Crippen LogP contribution in [0.1, 0.15) is 35.6 Å². The molecule has 98 valence electrons. The highest BCUT2D eigenvalue weighted by molar-refractivity contribution is 7.10. The second-order valence-corrected chi connectivity index (χ2v) is 6.34. The lowest BCUT2D eigenvalue weighted by Crippen LogP contribution is -2.41. The van der Waals surface area contributed by atoms with Crippen LogP contribution in [0.3, 0.4) is 0 Å². The molecule has 1 fully saturated rings. The molecule has 1 aromatic rings. The van der Waals surface area contributed by atoms with E-state index in [0.29, 0.717) is 11.9 Å². The molecule has 2 heterocycles. The first-order chi connectivity index (χ1) is 8.77. The molecular formula is C14H20N2OS. The zero-order valence-corrected chi connectivity index (χ0v) is 11.6. The third-order valence-corrected chi connectivity index (χ3v) is 5.28. The van der Waals surface area contributed by atoms with Crippen LogP contribution >= 0.6 is 11.3 Å². The molecule has 0 bridgehead atoms. The van der Waals surface area contributed by atoms with Gasteiger partial charge in [0.15, 0.2) is 0 Å². The van der Waals surface area contributed by atoms with Crippen molar-refractivity contribution in [1.82, 2.24) is 10.2 Å². The standard InChI is InChI=1S/C14H20N2OS/c1-16(10-5-7-15-9-10)14(17)12-3-2-4-13-11(12)6-8-18-13/h6,8,10,12,15H,2-5,7,9H2,1H3. The molecule has 4 heteroatoms. The molecule has 0 aromatic carbocycles. The average Bonchev–Trinajstić information content (AvgIpc) is 3.06. The predicted octanol–water partition coefficient (Wildman–Crippen LogP) is 1.99. The zero-order chi connectivity index (χ0) is 12.5. The van der Waals surface area contributed by atoms with Gasteiger partial charge in [-0.3, -0.25) is 4.79 Å². The fourth-order valence-corrected chi connectivity index (χ4v) is 4.13. The summed E-state index contributed by atoms with van der Waals surface area (Å²) < 4.78 is 0. The molecule has 0 radical (unpaired) electrons. The molecule has 1 N–H and O–H groups in total. The number of fused-ring (bicyclic) bond motifs is 1. The number of hydrogen-bond acceptors (Lipinski definition) is 3. The molecule has 0 saturated carbocycles. The third-order valence-electron chi connectivity index (χ3n) is 4.28. The van der Waals surface area contributed by atoms with Gasteiger partial charge in [0, 0.05) is 24.5 Å². The maximum atomic E-state index is 12.6. The van der Waals surface area contributed by atoms with Crippen molar-refractivity contribution < 1.29 is 4.79 Å². The molecule has 1 aliphatic heterocycles. The molecule has 1 saturated heterocycles. The van der Waals surface area contributed by atoms with Gasteiger partial charge in [-0.1, -0.05) is 0 Å². The lowest BCUT2D eigenvalue weighted by molar-refractivity contribution is -0.133. The van der Waals surface area contributed by atoms with Crippen LogP contribution < -0.4 is 5.32 Å². The zero-order valence-electron chi connectivity index (χ0n) is 10.8. The highest BCUT2D eigenvalue weighted by Gasteiger charge is 2.32. The molecule has 2 atom stereocenters. The number of nitrogens with one attached hydrogen (secondary N) is 1. The Morgan fingerprint density at radius 1 is 1.50 bits per heavy atom. The van der Waals surface area contributed by atoms with Gasteiger partial charge in [0.1, 0.15) is 0 Å². The summed E-state index contributed by atoms with van der Waals surface area (Å²) >= 11 is 1.81. The monoisotopic (exact) mass is 264 g/mol. The number of rotatable bonds is 2. The third kappa shape index (κ3) is 2.08. The average molecular weight is 264 g/mol. The van der Waals surface area contributed by atoms with Crippen LogP contribution in [-0.4, -0.2) is 37.0 Å². The van der Waals surface area contributed by atoms with Crippen molar-refractivity contribution in [2.24, 2.45) is 0 Å². The Morgan fingerprint density at radius 3 is 3.17 bits per heavy atom. The van der Waals surface area contributed by atoms with Gasteiger partial charge in [0.05, 0.1) is 5.92 Å². The molecule has 18 heavy (non-hydrogen) atoms. The van der Waals surface area contributed by atoms with Crippen LogP contribution in [0.2, 0.25) is 0 Å². The van der Waals surface area contributed by atoms with Crippen LogP contribution in [-0.2, 0) is 11.2 Å². The van der Waals surface area contributed by atoms with Gasteiger partial charge in [-0.2, -0.15) is 0 Å². The molecule has 2 unspecified atom stereocenters. The molecule has 1 aliphatic carbocycles. The Balaban J connectivity index is 1.77. The first kappa shape index (κ1) is 12.2. The van der Waals surface area contributed by atoms with E-state index < -0.39 is 0 Å². The van der Waals surface area contributed by atoms with Crippen LogP contribution in [0.25, 0.3) is 0 Å². The number of likely N-dealkylation sites (N-methyl/N-ethyl adjacent to an activating group) is 1. The summed E-state index contributed by atoms with van der Waals surface area (Å²) in [5.41, 5.74) is 1.30. The van der Waals surface area contributed by atoms with Crippen LogP contribution in [0.15, 0.2) is 11.4 Å². The Kier molecular flexibility index (Phi) is 3.39. The minimum Gasteiger partial charge on any atom is -0.341 e. The normalized spacial score (nSPS) is 26.9. The van der Waals surface area contributed by atoms with Crippen LogP contribution in [0.4, 0.5) is 0 Å². The molecule has 3 rings (SSSR count). The Labute approximate surface area is 112 Å². The van der Waals surface area contributed by atoms with E-state index in [0.717, 1.165) is 38.8 Å². The van der Waals surface area contributed by atoms with E-state index in [1.165, 1.54) is 10.4 Å². The summed E-state index contributed by atoms with van der Waals surface area (Å²) in [6.45, 7) is 1.99. The van der Waals surface area contributed by atoms with Crippen molar-refractivity contribution >= 4 is 17.2 Å². The Hall–Kier alpha value is -0.870. The lowest BCUT2D eigenvalue weighted by atomic mass is 9.86. The van der Waals surface area contributed by atoms with E-state index >= 15 is 0 Å². The SMILES string of the molecule is CN(C(=O)C1CCCc2sccc21)C1CCNC1. The molecule has 3 nitrogen and oxygen atoms in total. The van der Waals surface area contributed by atoms with Gasteiger partial charge in [0.2, 0.25) is 5.91 Å². The number of thiophene rings is 1. The second kappa shape index (κ2) is 5.02. The van der Waals surface area contributed by atoms with Crippen molar-refractivity contribution in [2.75, 3.05) is 20.1 Å². The number of aryl methyl sites for hydroxylation is 1. The maximum absolute atomic E-state index is 12.6. The fraction of sp³-hybridized carbons (Fsp3) is 0.643. The van der Waals surface area contributed by atoms with Gasteiger partial charge in [-0.05, 0) is 49.2 Å². The number of amides is 1. The summed E-state index contributed by atoms with van der Waals surface area (Å²) in [6, 6.07) is 2.55. The summed E-state index contributed by atoms with van der Waals surface area (Å²) in [5, 5.41) is 5.47. The molecule has 0 spiro atoms. The van der Waals surface area contributed by atoms with Gasteiger partial charge in [0.25, 0.3) is 0 Å². The van der Waals surface area contributed by atoms with Gasteiger partial charge < -0.3 is 10.2 Å². The molecular weight excluding hydrogens is 244 g/mol. The first-order valence-corrected chi connectivity index (χ1v) is 7.69. The minimum absolute atomic E-state index is 0.116. The minimum atomic E-state index is 0.116. The van der Waals surface area contributed by atoms with Crippen molar-refractivity contribution in [1.29, 1.82) is 0 Å². The van der Waals surface area contributed by atoms with Crippen molar-refractivity contribution in [2.45, 2.75) is 37.6 Å². The summed E-state index contributed by atoms with van der Waals surface area (Å²) in [7, 11) is 1.97. The van der Waals surface area contributed by atoms with Crippen molar-refractivity contribution in [3.05, 3.63) is 21.9 Å². The lowest BCUT2D eigenvalue weighted by Gasteiger charge is -2.30. The Bertz CT molecular complexity index is 437. The molecule has 1 amide bonds. The fourth-order valence-electron chi connectivity index (χ4n) is 3.14. The second-order valence-electron chi connectivity index (χ2n) is 5.34. The quantitative estimate of drug-likeness (QED) is 0.886. The van der Waals surface area contributed by atoms with E-state index in [4.69, 9.17) is 0 Å². The number of nitrogens with zero attached hydrogens (tertiary/aromatic N) is 1. The van der Waals surface area contributed by atoms with Crippen molar-refractivity contribution in [3.8, 4) is 0 Å². The van der Waals surface area contributed by atoms with E-state index in [-0.39, 0.29) is 5.92 Å². The highest BCUT2D eigenvalue weighted by Crippen LogP contribution is 2.36. The highest BCUT2D eigenvalue weighted by atomic mass is 32.1. The van der Waals surface area contributed by atoms with Crippen LogP contribution in [0.5, 0.6) is 0 Å². The number of carbonyl (C=O) groups is 1. The van der Waals surface area contributed by atoms with Gasteiger partial charge >= 0.3 is 0 Å². The maximum Gasteiger partial charge on any atom is 0.230 e. The smallest absolute Gasteiger partial charge is 0.230 e. The number of hydrogen-bond donors (Lipinski definition) is 1. The van der Waals surface area contributed by atoms with Crippen molar-refractivity contribution in [3.63, 3.8) is 0 Å². The summed E-state index contributed by atoms with van der Waals surface area (Å²) in [5.74, 6) is 0.439. The number of carbonyl (C=O) groups excluding carboxylic acids is 1. The Morgan fingerprint density at radius 2 is 2.39 bits per heavy atom. The van der Waals surface area contributed by atoms with E-state index in [1.807, 2.05) is 23.3 Å². The predicted molar refractivity (Wildman–Crippen MR) is 74.0 cm³/mol. The van der Waals surface area contributed by atoms with E-state index in [2.05, 4.69) is 16.8 Å². The van der Waals surface area contributed by atoms with Crippen LogP contribution in [0, 0.1) is 0 Å². The topological polar surface area (TPSA) is 32.3 Å². The van der Waals surface area contributed by atoms with E-state index in [9.17, 15) is 4.79 Å². The van der Waals surface area contributed by atoms with Gasteiger partial charge in [-0.25, -0.2) is 0 Å². The van der Waals surface area contributed by atoms with E-state index in [1.54, 1.807) is 0 Å². The molecule has 1 aromatic heterocycles. The first-order valence-electron chi connectivity index (χ1n) is 6.81. The summed E-state index contributed by atoms with van der Waals surface area (Å²) in [6.07, 6.45) is 4.42. The summed E-state index contributed by atoms with van der Waals surface area (Å²) in [4.78, 5) is 16.1. The van der Waals surface area contributed by atoms with Gasteiger partial charge in [-0.15, -0.1) is 11.3 Å². The largest absolute Gasteiger partial charge is 0.341 e. The molecule has 2 aliphatic rings.